The highest BCUT2D eigenvalue weighted by molar-refractivity contribution is 7.14. The molecule has 108 valence electrons. The average Bonchev–Trinajstić information content (AvgIpc) is 2.85. The highest BCUT2D eigenvalue weighted by atomic mass is 32.1. The summed E-state index contributed by atoms with van der Waals surface area (Å²) in [5.41, 5.74) is 1.69. The zero-order valence-electron chi connectivity index (χ0n) is 12.0. The minimum atomic E-state index is -0.544. The molecule has 6 heteroatoms. The van der Waals surface area contributed by atoms with Crippen LogP contribution in [-0.4, -0.2) is 16.7 Å². The van der Waals surface area contributed by atoms with Gasteiger partial charge in [0.2, 0.25) is 0 Å². The van der Waals surface area contributed by atoms with Gasteiger partial charge in [0.1, 0.15) is 5.60 Å². The Balaban J connectivity index is 2.07. The van der Waals surface area contributed by atoms with E-state index in [4.69, 9.17) is 10.00 Å². The first kappa shape index (κ1) is 15.0. The van der Waals surface area contributed by atoms with Gasteiger partial charge in [-0.15, -0.1) is 11.3 Å². The Labute approximate surface area is 127 Å². The molecule has 0 aliphatic rings. The molecule has 21 heavy (non-hydrogen) atoms. The van der Waals surface area contributed by atoms with E-state index < -0.39 is 11.7 Å². The van der Waals surface area contributed by atoms with Crippen LogP contribution >= 0.6 is 11.3 Å². The lowest BCUT2D eigenvalue weighted by molar-refractivity contribution is 0.0636. The molecule has 1 aromatic carbocycles. The predicted molar refractivity (Wildman–Crippen MR) is 82.1 cm³/mol. The molecule has 2 aromatic rings. The number of hydrogen-bond acceptors (Lipinski definition) is 5. The van der Waals surface area contributed by atoms with E-state index in [1.807, 2.05) is 17.5 Å². The van der Waals surface area contributed by atoms with Crippen LogP contribution in [0.15, 0.2) is 29.6 Å². The Bertz CT molecular complexity index is 678. The third-order valence-corrected chi connectivity index (χ3v) is 3.18. The van der Waals surface area contributed by atoms with E-state index in [-0.39, 0.29) is 0 Å². The lowest BCUT2D eigenvalue weighted by atomic mass is 10.1. The van der Waals surface area contributed by atoms with E-state index in [1.165, 1.54) is 11.3 Å². The molecule has 0 radical (unpaired) electrons. The van der Waals surface area contributed by atoms with Crippen molar-refractivity contribution in [3.05, 3.63) is 35.2 Å². The number of hydrogen-bond donors (Lipinski definition) is 1. The van der Waals surface area contributed by atoms with E-state index in [1.54, 1.807) is 32.9 Å². The number of ether oxygens (including phenoxy) is 1. The quantitative estimate of drug-likeness (QED) is 0.908. The summed E-state index contributed by atoms with van der Waals surface area (Å²) in [5, 5.41) is 13.7. The van der Waals surface area contributed by atoms with Gasteiger partial charge < -0.3 is 4.74 Å². The van der Waals surface area contributed by atoms with E-state index in [0.29, 0.717) is 10.7 Å². The second-order valence-corrected chi connectivity index (χ2v) is 6.21. The number of rotatable bonds is 2. The SMILES string of the molecule is CC(C)(C)OC(=O)Nc1nc(-c2ccc(C#N)cc2)cs1. The highest BCUT2D eigenvalue weighted by Gasteiger charge is 2.17. The highest BCUT2D eigenvalue weighted by Crippen LogP contribution is 2.25. The van der Waals surface area contributed by atoms with Crippen LogP contribution in [0.1, 0.15) is 26.3 Å². The Morgan fingerprint density at radius 1 is 1.33 bits per heavy atom. The first-order chi connectivity index (χ1) is 9.87. The van der Waals surface area contributed by atoms with Crippen molar-refractivity contribution in [3.63, 3.8) is 0 Å². The van der Waals surface area contributed by atoms with Gasteiger partial charge in [-0.1, -0.05) is 12.1 Å². The van der Waals surface area contributed by atoms with Crippen LogP contribution in [0.25, 0.3) is 11.3 Å². The third-order valence-electron chi connectivity index (χ3n) is 2.42. The standard InChI is InChI=1S/C15H15N3O2S/c1-15(2,3)20-14(19)18-13-17-12(9-21-13)11-6-4-10(8-16)5-7-11/h4-7,9H,1-3H3,(H,17,18,19). The van der Waals surface area contributed by atoms with Crippen LogP contribution in [0.3, 0.4) is 0 Å². The number of benzene rings is 1. The Kier molecular flexibility index (Phi) is 4.24. The maximum absolute atomic E-state index is 11.7. The molecule has 2 rings (SSSR count). The number of nitrogens with one attached hydrogen (secondary N) is 1. The summed E-state index contributed by atoms with van der Waals surface area (Å²) in [7, 11) is 0. The van der Waals surface area contributed by atoms with Crippen molar-refractivity contribution in [3.8, 4) is 17.3 Å². The third kappa shape index (κ3) is 4.29. The largest absolute Gasteiger partial charge is 0.444 e. The molecule has 0 atom stereocenters. The lowest BCUT2D eigenvalue weighted by Crippen LogP contribution is -2.27. The fourth-order valence-electron chi connectivity index (χ4n) is 1.57. The van der Waals surface area contributed by atoms with Crippen LogP contribution in [-0.2, 0) is 4.74 Å². The molecular formula is C15H15N3O2S. The summed E-state index contributed by atoms with van der Waals surface area (Å²) in [6, 6.07) is 9.18. The van der Waals surface area contributed by atoms with Gasteiger partial charge in [0.05, 0.1) is 17.3 Å². The van der Waals surface area contributed by atoms with Crippen molar-refractivity contribution >= 4 is 22.6 Å². The maximum Gasteiger partial charge on any atom is 0.413 e. The van der Waals surface area contributed by atoms with Crippen LogP contribution in [0.2, 0.25) is 0 Å². The number of amides is 1. The van der Waals surface area contributed by atoms with Crippen molar-refractivity contribution in [1.82, 2.24) is 4.98 Å². The smallest absolute Gasteiger partial charge is 0.413 e. The summed E-state index contributed by atoms with van der Waals surface area (Å²) in [5.74, 6) is 0. The second kappa shape index (κ2) is 5.94. The van der Waals surface area contributed by atoms with Crippen molar-refractivity contribution in [2.45, 2.75) is 26.4 Å². The zero-order valence-corrected chi connectivity index (χ0v) is 12.8. The Hall–Kier alpha value is -2.39. The van der Waals surface area contributed by atoms with Crippen LogP contribution in [0, 0.1) is 11.3 Å². The van der Waals surface area contributed by atoms with E-state index in [2.05, 4.69) is 16.4 Å². The lowest BCUT2D eigenvalue weighted by Gasteiger charge is -2.18. The molecular weight excluding hydrogens is 286 g/mol. The first-order valence-corrected chi connectivity index (χ1v) is 7.21. The van der Waals surface area contributed by atoms with Crippen molar-refractivity contribution < 1.29 is 9.53 Å². The molecule has 1 amide bonds. The minimum absolute atomic E-state index is 0.476. The van der Waals surface area contributed by atoms with E-state index in [9.17, 15) is 4.79 Å². The molecule has 1 N–H and O–H groups in total. The van der Waals surface area contributed by atoms with E-state index in [0.717, 1.165) is 11.3 Å². The molecule has 0 aliphatic heterocycles. The van der Waals surface area contributed by atoms with Crippen LogP contribution in [0.5, 0.6) is 0 Å². The van der Waals surface area contributed by atoms with Crippen molar-refractivity contribution in [1.29, 1.82) is 5.26 Å². The minimum Gasteiger partial charge on any atom is -0.444 e. The van der Waals surface area contributed by atoms with Gasteiger partial charge in [-0.25, -0.2) is 9.78 Å². The number of nitriles is 1. The molecule has 1 aromatic heterocycles. The number of aromatic nitrogens is 1. The summed E-state index contributed by atoms with van der Waals surface area (Å²) < 4.78 is 5.17. The van der Waals surface area contributed by atoms with Crippen LogP contribution < -0.4 is 5.32 Å². The zero-order chi connectivity index (χ0) is 15.5. The molecule has 0 unspecified atom stereocenters. The summed E-state index contributed by atoms with van der Waals surface area (Å²) in [6.45, 7) is 5.41. The average molecular weight is 301 g/mol. The summed E-state index contributed by atoms with van der Waals surface area (Å²) in [4.78, 5) is 16.0. The molecule has 0 bridgehead atoms. The van der Waals surface area contributed by atoms with Crippen molar-refractivity contribution in [2.24, 2.45) is 0 Å². The topological polar surface area (TPSA) is 75.0 Å². The number of anilines is 1. The molecule has 1 heterocycles. The van der Waals surface area contributed by atoms with Gasteiger partial charge in [-0.05, 0) is 32.9 Å². The monoisotopic (exact) mass is 301 g/mol. The molecule has 0 spiro atoms. The maximum atomic E-state index is 11.7. The Morgan fingerprint density at radius 3 is 2.57 bits per heavy atom. The van der Waals surface area contributed by atoms with Gasteiger partial charge in [-0.2, -0.15) is 5.26 Å². The molecule has 0 saturated carbocycles. The Morgan fingerprint density at radius 2 is 2.00 bits per heavy atom. The van der Waals surface area contributed by atoms with Gasteiger partial charge >= 0.3 is 6.09 Å². The van der Waals surface area contributed by atoms with Gasteiger partial charge in [0, 0.05) is 10.9 Å². The van der Waals surface area contributed by atoms with E-state index >= 15 is 0 Å². The summed E-state index contributed by atoms with van der Waals surface area (Å²) in [6.07, 6.45) is -0.525. The number of carbonyl (C=O) groups excluding carboxylic acids is 1. The summed E-state index contributed by atoms with van der Waals surface area (Å²) >= 11 is 1.32. The van der Waals surface area contributed by atoms with Crippen molar-refractivity contribution in [2.75, 3.05) is 5.32 Å². The number of carbonyl (C=O) groups is 1. The normalized spacial score (nSPS) is 10.8. The molecule has 5 nitrogen and oxygen atoms in total. The predicted octanol–water partition coefficient (Wildman–Crippen LogP) is 4.03. The van der Waals surface area contributed by atoms with Gasteiger partial charge in [0.25, 0.3) is 0 Å². The fraction of sp³-hybridized carbons (Fsp3) is 0.267. The van der Waals surface area contributed by atoms with Crippen LogP contribution in [0.4, 0.5) is 9.93 Å². The number of nitrogens with zero attached hydrogens (tertiary/aromatic N) is 2. The number of thiazole rings is 1. The fourth-order valence-corrected chi connectivity index (χ4v) is 2.28. The van der Waals surface area contributed by atoms with Gasteiger partial charge in [-0.3, -0.25) is 5.32 Å². The second-order valence-electron chi connectivity index (χ2n) is 5.35. The van der Waals surface area contributed by atoms with Gasteiger partial charge in [0.15, 0.2) is 5.13 Å². The molecule has 0 fully saturated rings. The molecule has 0 saturated heterocycles. The molecule has 0 aliphatic carbocycles. The first-order valence-electron chi connectivity index (χ1n) is 6.33.